The lowest BCUT2D eigenvalue weighted by Gasteiger charge is -2.25. The summed E-state index contributed by atoms with van der Waals surface area (Å²) >= 11 is 0. The molecule has 0 unspecified atom stereocenters. The second kappa shape index (κ2) is 6.10. The third kappa shape index (κ3) is 3.15. The molecule has 0 aliphatic rings. The van der Waals surface area contributed by atoms with Crippen LogP contribution in [-0.2, 0) is 10.7 Å². The predicted octanol–water partition coefficient (Wildman–Crippen LogP) is 4.26. The van der Waals surface area contributed by atoms with Crippen LogP contribution in [0.15, 0.2) is 12.1 Å². The quantitative estimate of drug-likeness (QED) is 0.613. The number of carbonyl (C=O) groups excluding carboxylic acids is 1. The molecule has 0 saturated heterocycles. The first-order valence-electron chi connectivity index (χ1n) is 6.22. The van der Waals surface area contributed by atoms with Crippen molar-refractivity contribution in [2.75, 3.05) is 14.2 Å². The summed E-state index contributed by atoms with van der Waals surface area (Å²) < 4.78 is 74.8. The fourth-order valence-corrected chi connectivity index (χ4v) is 1.94. The number of hydrogen-bond donors (Lipinski definition) is 0. The van der Waals surface area contributed by atoms with E-state index in [1.54, 1.807) is 0 Å². The predicted molar refractivity (Wildman–Crippen MR) is 68.4 cm³/mol. The number of esters is 1. The van der Waals surface area contributed by atoms with Crippen molar-refractivity contribution in [2.24, 2.45) is 0 Å². The molecule has 0 radical (unpaired) electrons. The third-order valence-electron chi connectivity index (χ3n) is 3.09. The monoisotopic (exact) mass is 326 g/mol. The van der Waals surface area contributed by atoms with Gasteiger partial charge in [-0.15, -0.1) is 0 Å². The zero-order chi connectivity index (χ0) is 17.3. The van der Waals surface area contributed by atoms with Crippen molar-refractivity contribution in [3.8, 4) is 5.75 Å². The fraction of sp³-hybridized carbons (Fsp3) is 0.500. The minimum atomic E-state index is -5.78. The second-order valence-electron chi connectivity index (χ2n) is 4.86. The van der Waals surface area contributed by atoms with Crippen molar-refractivity contribution >= 4 is 5.97 Å². The molecule has 0 bridgehead atoms. The van der Waals surface area contributed by atoms with Crippen molar-refractivity contribution in [1.29, 1.82) is 0 Å². The molecule has 0 fully saturated rings. The van der Waals surface area contributed by atoms with Gasteiger partial charge < -0.3 is 9.47 Å². The number of hydrogen-bond acceptors (Lipinski definition) is 3. The van der Waals surface area contributed by atoms with Crippen LogP contribution in [-0.4, -0.2) is 26.4 Å². The normalized spacial score (nSPS) is 12.5. The smallest absolute Gasteiger partial charge is 0.458 e. The standard InChI is InChI=1S/C14H15F5O3/c1-7(2)8-6-11(21-3)9(12(20)22-4)5-10(8)13(15,16)14(17,18)19/h5-7H,1-4H3. The Labute approximate surface area is 124 Å². The molecule has 1 aromatic carbocycles. The number of carbonyl (C=O) groups is 1. The molecule has 0 saturated carbocycles. The van der Waals surface area contributed by atoms with E-state index in [0.29, 0.717) is 6.07 Å². The summed E-state index contributed by atoms with van der Waals surface area (Å²) in [6.45, 7) is 2.92. The van der Waals surface area contributed by atoms with E-state index in [1.165, 1.54) is 21.0 Å². The fourth-order valence-electron chi connectivity index (χ4n) is 1.94. The van der Waals surface area contributed by atoms with Gasteiger partial charge >= 0.3 is 18.1 Å². The summed E-state index contributed by atoms with van der Waals surface area (Å²) in [6.07, 6.45) is -5.78. The van der Waals surface area contributed by atoms with Crippen LogP contribution in [0.2, 0.25) is 0 Å². The first-order valence-corrected chi connectivity index (χ1v) is 6.22. The van der Waals surface area contributed by atoms with Crippen molar-refractivity contribution in [3.05, 3.63) is 28.8 Å². The highest BCUT2D eigenvalue weighted by molar-refractivity contribution is 5.93. The van der Waals surface area contributed by atoms with E-state index in [0.717, 1.165) is 13.2 Å². The van der Waals surface area contributed by atoms with Gasteiger partial charge in [-0.1, -0.05) is 13.8 Å². The Bertz CT molecular complexity index is 564. The first kappa shape index (κ1) is 18.2. The van der Waals surface area contributed by atoms with Gasteiger partial charge in [0.2, 0.25) is 0 Å². The lowest BCUT2D eigenvalue weighted by atomic mass is 9.90. The van der Waals surface area contributed by atoms with Crippen LogP contribution < -0.4 is 4.74 Å². The Morgan fingerprint density at radius 3 is 2.00 bits per heavy atom. The molecule has 0 aliphatic carbocycles. The molecule has 0 atom stereocenters. The van der Waals surface area contributed by atoms with Crippen LogP contribution in [0.25, 0.3) is 0 Å². The Morgan fingerprint density at radius 2 is 1.64 bits per heavy atom. The first-order chi connectivity index (χ1) is 9.97. The van der Waals surface area contributed by atoms with E-state index in [1.807, 2.05) is 0 Å². The highest BCUT2D eigenvalue weighted by Gasteiger charge is 2.59. The second-order valence-corrected chi connectivity index (χ2v) is 4.86. The molecule has 0 heterocycles. The third-order valence-corrected chi connectivity index (χ3v) is 3.09. The molecule has 3 nitrogen and oxygen atoms in total. The van der Waals surface area contributed by atoms with Crippen molar-refractivity contribution in [2.45, 2.75) is 31.9 Å². The van der Waals surface area contributed by atoms with Crippen molar-refractivity contribution in [3.63, 3.8) is 0 Å². The summed E-state index contributed by atoms with van der Waals surface area (Å²) in [6, 6.07) is 1.49. The van der Waals surface area contributed by atoms with E-state index >= 15 is 0 Å². The minimum absolute atomic E-state index is 0.128. The molecule has 0 N–H and O–H groups in total. The SMILES string of the molecule is COC(=O)c1cc(C(F)(F)C(F)(F)F)c(C(C)C)cc1OC. The maximum absolute atomic E-state index is 13.7. The maximum atomic E-state index is 13.7. The van der Waals surface area contributed by atoms with E-state index in [9.17, 15) is 26.7 Å². The van der Waals surface area contributed by atoms with Gasteiger partial charge in [0.25, 0.3) is 0 Å². The topological polar surface area (TPSA) is 35.5 Å². The Hall–Kier alpha value is -1.86. The van der Waals surface area contributed by atoms with Gasteiger partial charge in [-0.2, -0.15) is 22.0 Å². The highest BCUT2D eigenvalue weighted by atomic mass is 19.4. The van der Waals surface area contributed by atoms with Gasteiger partial charge in [-0.3, -0.25) is 0 Å². The lowest BCUT2D eigenvalue weighted by molar-refractivity contribution is -0.289. The molecule has 0 aliphatic heterocycles. The van der Waals surface area contributed by atoms with Crippen LogP contribution in [0.3, 0.4) is 0 Å². The molecule has 0 spiro atoms. The number of alkyl halides is 5. The summed E-state index contributed by atoms with van der Waals surface area (Å²) in [5.41, 5.74) is -2.03. The molecular formula is C14H15F5O3. The average Bonchev–Trinajstić information content (AvgIpc) is 2.43. The molecule has 0 aromatic heterocycles. The van der Waals surface area contributed by atoms with Gasteiger partial charge in [0.15, 0.2) is 0 Å². The van der Waals surface area contributed by atoms with Gasteiger partial charge in [0.1, 0.15) is 11.3 Å². The largest absolute Gasteiger partial charge is 0.496 e. The summed E-state index contributed by atoms with van der Waals surface area (Å²) in [4.78, 5) is 11.6. The van der Waals surface area contributed by atoms with Crippen LogP contribution in [0, 0.1) is 0 Å². The van der Waals surface area contributed by atoms with E-state index in [-0.39, 0.29) is 11.3 Å². The zero-order valence-electron chi connectivity index (χ0n) is 12.3. The molecular weight excluding hydrogens is 311 g/mol. The summed E-state index contributed by atoms with van der Waals surface area (Å²) in [5.74, 6) is -6.92. The minimum Gasteiger partial charge on any atom is -0.496 e. The molecule has 22 heavy (non-hydrogen) atoms. The summed E-state index contributed by atoms with van der Waals surface area (Å²) in [5, 5.41) is 0. The van der Waals surface area contributed by atoms with Gasteiger partial charge in [-0.05, 0) is 23.6 Å². The van der Waals surface area contributed by atoms with Gasteiger partial charge in [-0.25, -0.2) is 4.79 Å². The zero-order valence-corrected chi connectivity index (χ0v) is 12.3. The maximum Gasteiger partial charge on any atom is 0.458 e. The molecule has 1 rings (SSSR count). The number of halogens is 5. The number of methoxy groups -OCH3 is 2. The Morgan fingerprint density at radius 1 is 1.09 bits per heavy atom. The van der Waals surface area contributed by atoms with Crippen LogP contribution >= 0.6 is 0 Å². The molecule has 0 amide bonds. The average molecular weight is 326 g/mol. The molecule has 124 valence electrons. The molecule has 8 heteroatoms. The number of ether oxygens (including phenoxy) is 2. The Balaban J connectivity index is 3.71. The number of benzene rings is 1. The van der Waals surface area contributed by atoms with Gasteiger partial charge in [0.05, 0.1) is 14.2 Å². The lowest BCUT2D eigenvalue weighted by Crippen LogP contribution is -2.35. The van der Waals surface area contributed by atoms with E-state index in [2.05, 4.69) is 4.74 Å². The van der Waals surface area contributed by atoms with Crippen molar-refractivity contribution in [1.82, 2.24) is 0 Å². The Kier molecular flexibility index (Phi) is 5.04. The van der Waals surface area contributed by atoms with Gasteiger partial charge in [0, 0.05) is 5.56 Å². The number of rotatable bonds is 4. The van der Waals surface area contributed by atoms with E-state index in [4.69, 9.17) is 4.74 Å². The van der Waals surface area contributed by atoms with Crippen molar-refractivity contribution < 1.29 is 36.2 Å². The van der Waals surface area contributed by atoms with Crippen LogP contribution in [0.1, 0.15) is 41.3 Å². The highest BCUT2D eigenvalue weighted by Crippen LogP contribution is 2.47. The van der Waals surface area contributed by atoms with Crippen LogP contribution in [0.4, 0.5) is 22.0 Å². The molecule has 1 aromatic rings. The van der Waals surface area contributed by atoms with E-state index < -0.39 is 35.1 Å². The summed E-state index contributed by atoms with van der Waals surface area (Å²) in [7, 11) is 2.16. The van der Waals surface area contributed by atoms with Crippen LogP contribution in [0.5, 0.6) is 5.75 Å².